The van der Waals surface area contributed by atoms with Crippen LogP contribution in [0.1, 0.15) is 31.0 Å². The molecule has 0 bridgehead atoms. The van der Waals surface area contributed by atoms with Crippen LogP contribution in [0.5, 0.6) is 0 Å². The molecule has 152 valence electrons. The van der Waals surface area contributed by atoms with Crippen LogP contribution >= 0.6 is 0 Å². The van der Waals surface area contributed by atoms with E-state index in [9.17, 15) is 13.2 Å². The van der Waals surface area contributed by atoms with E-state index < -0.39 is 10.0 Å². The van der Waals surface area contributed by atoms with E-state index >= 15 is 0 Å². The number of nitrogens with zero attached hydrogens (tertiary/aromatic N) is 2. The first kappa shape index (κ1) is 22.1. The smallest absolute Gasteiger partial charge is 0.320 e. The molecule has 1 atom stereocenters. The fourth-order valence-corrected chi connectivity index (χ4v) is 3.87. The SMILES string of the molecule is CCOC(=O)CN(Cc1cccc(S(=O)(=O)N(C)C)c1)C(C)c1ccccc1. The number of ether oxygens (including phenoxy) is 1. The van der Waals surface area contributed by atoms with Crippen LogP contribution in [-0.2, 0) is 26.1 Å². The number of sulfonamides is 1. The van der Waals surface area contributed by atoms with Gasteiger partial charge in [0.25, 0.3) is 0 Å². The molecule has 0 aliphatic heterocycles. The van der Waals surface area contributed by atoms with Crippen LogP contribution in [-0.4, -0.2) is 50.8 Å². The van der Waals surface area contributed by atoms with Gasteiger partial charge in [0.1, 0.15) is 0 Å². The summed E-state index contributed by atoms with van der Waals surface area (Å²) in [6.45, 7) is 4.66. The minimum absolute atomic E-state index is 0.0419. The largest absolute Gasteiger partial charge is 0.465 e. The lowest BCUT2D eigenvalue weighted by molar-refractivity contribution is -0.145. The van der Waals surface area contributed by atoms with Gasteiger partial charge in [0.05, 0.1) is 18.0 Å². The molecule has 2 rings (SSSR count). The van der Waals surface area contributed by atoms with Crippen LogP contribution in [0, 0.1) is 0 Å². The van der Waals surface area contributed by atoms with Gasteiger partial charge in [-0.2, -0.15) is 0 Å². The fraction of sp³-hybridized carbons (Fsp3) is 0.381. The minimum atomic E-state index is -3.52. The molecule has 0 fully saturated rings. The maximum absolute atomic E-state index is 12.4. The standard InChI is InChI=1S/C21H28N2O4S/c1-5-27-21(24)16-23(17(2)19-11-7-6-8-12-19)15-18-10-9-13-20(14-18)28(25,26)22(3)4/h6-14,17H,5,15-16H2,1-4H3. The normalized spacial score (nSPS) is 12.9. The number of esters is 1. The molecule has 0 spiro atoms. The van der Waals surface area contributed by atoms with Crippen molar-refractivity contribution in [3.05, 3.63) is 65.7 Å². The predicted octanol–water partition coefficient (Wildman–Crippen LogP) is 3.06. The summed E-state index contributed by atoms with van der Waals surface area (Å²) in [5, 5.41) is 0. The van der Waals surface area contributed by atoms with Crippen molar-refractivity contribution in [3.8, 4) is 0 Å². The molecule has 0 N–H and O–H groups in total. The van der Waals surface area contributed by atoms with Crippen LogP contribution < -0.4 is 0 Å². The van der Waals surface area contributed by atoms with Crippen molar-refractivity contribution in [1.29, 1.82) is 0 Å². The molecule has 1 unspecified atom stereocenters. The van der Waals surface area contributed by atoms with Crippen molar-refractivity contribution >= 4 is 16.0 Å². The number of carbonyl (C=O) groups is 1. The van der Waals surface area contributed by atoms with Crippen LogP contribution in [0.25, 0.3) is 0 Å². The van der Waals surface area contributed by atoms with Crippen LogP contribution in [0.3, 0.4) is 0 Å². The van der Waals surface area contributed by atoms with Crippen molar-refractivity contribution in [3.63, 3.8) is 0 Å². The number of benzene rings is 2. The summed E-state index contributed by atoms with van der Waals surface area (Å²) < 4.78 is 31.2. The Morgan fingerprint density at radius 3 is 2.36 bits per heavy atom. The zero-order valence-corrected chi connectivity index (χ0v) is 17.6. The van der Waals surface area contributed by atoms with Gasteiger partial charge in [-0.25, -0.2) is 12.7 Å². The maximum atomic E-state index is 12.4. The molecule has 7 heteroatoms. The Morgan fingerprint density at radius 1 is 1.07 bits per heavy atom. The molecular formula is C21H28N2O4S. The first-order chi connectivity index (χ1) is 13.3. The molecule has 6 nitrogen and oxygen atoms in total. The number of carbonyl (C=O) groups excluding carboxylic acids is 1. The van der Waals surface area contributed by atoms with E-state index in [2.05, 4.69) is 0 Å². The van der Waals surface area contributed by atoms with E-state index in [1.54, 1.807) is 25.1 Å². The molecule has 0 aliphatic rings. The van der Waals surface area contributed by atoms with Crippen molar-refractivity contribution in [2.24, 2.45) is 0 Å². The molecule has 0 saturated heterocycles. The molecule has 0 amide bonds. The first-order valence-electron chi connectivity index (χ1n) is 9.21. The lowest BCUT2D eigenvalue weighted by Gasteiger charge is -2.29. The highest BCUT2D eigenvalue weighted by molar-refractivity contribution is 7.89. The van der Waals surface area contributed by atoms with Gasteiger partial charge in [0, 0.05) is 26.7 Å². The van der Waals surface area contributed by atoms with Crippen LogP contribution in [0.2, 0.25) is 0 Å². The van der Waals surface area contributed by atoms with Crippen LogP contribution in [0.4, 0.5) is 0 Å². The van der Waals surface area contributed by atoms with E-state index in [1.807, 2.05) is 48.2 Å². The third-order valence-corrected chi connectivity index (χ3v) is 6.34. The van der Waals surface area contributed by atoms with Crippen LogP contribution in [0.15, 0.2) is 59.5 Å². The summed E-state index contributed by atoms with van der Waals surface area (Å²) in [6.07, 6.45) is 0. The summed E-state index contributed by atoms with van der Waals surface area (Å²) in [4.78, 5) is 14.3. The monoisotopic (exact) mass is 404 g/mol. The Balaban J connectivity index is 2.31. The van der Waals surface area contributed by atoms with E-state index in [0.717, 1.165) is 11.1 Å². The Labute approximate surface area is 167 Å². The highest BCUT2D eigenvalue weighted by atomic mass is 32.2. The minimum Gasteiger partial charge on any atom is -0.465 e. The zero-order chi connectivity index (χ0) is 20.7. The van der Waals surface area contributed by atoms with Crippen molar-refractivity contribution in [2.45, 2.75) is 31.3 Å². The van der Waals surface area contributed by atoms with E-state index in [4.69, 9.17) is 4.74 Å². The molecule has 0 heterocycles. The van der Waals surface area contributed by atoms with E-state index in [-0.39, 0.29) is 23.5 Å². The summed E-state index contributed by atoms with van der Waals surface area (Å²) >= 11 is 0. The second-order valence-electron chi connectivity index (χ2n) is 6.73. The van der Waals surface area contributed by atoms with E-state index in [1.165, 1.54) is 18.4 Å². The molecule has 0 aromatic heterocycles. The molecule has 28 heavy (non-hydrogen) atoms. The maximum Gasteiger partial charge on any atom is 0.320 e. The average molecular weight is 405 g/mol. The topological polar surface area (TPSA) is 66.9 Å². The number of rotatable bonds is 9. The third-order valence-electron chi connectivity index (χ3n) is 4.53. The van der Waals surface area contributed by atoms with Crippen molar-refractivity contribution in [2.75, 3.05) is 27.2 Å². The van der Waals surface area contributed by atoms with Crippen molar-refractivity contribution < 1.29 is 17.9 Å². The number of hydrogen-bond donors (Lipinski definition) is 0. The Morgan fingerprint density at radius 2 is 1.75 bits per heavy atom. The van der Waals surface area contributed by atoms with Gasteiger partial charge < -0.3 is 4.74 Å². The predicted molar refractivity (Wildman–Crippen MR) is 109 cm³/mol. The second kappa shape index (κ2) is 9.82. The summed E-state index contributed by atoms with van der Waals surface area (Å²) in [5.41, 5.74) is 1.89. The molecule has 0 aliphatic carbocycles. The van der Waals surface area contributed by atoms with Gasteiger partial charge in [-0.15, -0.1) is 0 Å². The van der Waals surface area contributed by atoms with Gasteiger partial charge in [-0.3, -0.25) is 9.69 Å². The molecular weight excluding hydrogens is 376 g/mol. The van der Waals surface area contributed by atoms with Crippen molar-refractivity contribution in [1.82, 2.24) is 9.21 Å². The Bertz CT molecular complexity index is 882. The Hall–Kier alpha value is -2.22. The summed E-state index contributed by atoms with van der Waals surface area (Å²) in [7, 11) is -0.503. The lowest BCUT2D eigenvalue weighted by atomic mass is 10.1. The van der Waals surface area contributed by atoms with Gasteiger partial charge in [-0.1, -0.05) is 42.5 Å². The highest BCUT2D eigenvalue weighted by Crippen LogP contribution is 2.23. The molecule has 2 aromatic carbocycles. The zero-order valence-electron chi connectivity index (χ0n) is 16.8. The van der Waals surface area contributed by atoms with Gasteiger partial charge in [-0.05, 0) is 37.1 Å². The average Bonchev–Trinajstić information content (AvgIpc) is 2.68. The number of hydrogen-bond acceptors (Lipinski definition) is 5. The lowest BCUT2D eigenvalue weighted by Crippen LogP contribution is -2.33. The summed E-state index contributed by atoms with van der Waals surface area (Å²) in [6, 6.07) is 16.7. The fourth-order valence-electron chi connectivity index (χ4n) is 2.89. The molecule has 2 aromatic rings. The second-order valence-corrected chi connectivity index (χ2v) is 8.88. The van der Waals surface area contributed by atoms with E-state index in [0.29, 0.717) is 13.2 Å². The summed E-state index contributed by atoms with van der Waals surface area (Å²) in [5.74, 6) is -0.303. The molecule has 0 saturated carbocycles. The van der Waals surface area contributed by atoms with Gasteiger partial charge in [0.2, 0.25) is 10.0 Å². The Kier molecular flexibility index (Phi) is 7.74. The third kappa shape index (κ3) is 5.64. The highest BCUT2D eigenvalue weighted by Gasteiger charge is 2.22. The quantitative estimate of drug-likeness (QED) is 0.601. The van der Waals surface area contributed by atoms with Gasteiger partial charge >= 0.3 is 5.97 Å². The molecule has 0 radical (unpaired) electrons. The van der Waals surface area contributed by atoms with Gasteiger partial charge in [0.15, 0.2) is 0 Å². The first-order valence-corrected chi connectivity index (χ1v) is 10.7.